The molecule has 3 aromatic rings. The Morgan fingerprint density at radius 2 is 1.92 bits per heavy atom. The average molecular weight is 349 g/mol. The molecule has 5 heteroatoms. The number of hydrogen-bond acceptors (Lipinski definition) is 4. The number of aromatic carboxylic acids is 1. The number of aromatic nitrogens is 2. The molecule has 1 fully saturated rings. The molecule has 3 heterocycles. The normalized spacial score (nSPS) is 12.9. The summed E-state index contributed by atoms with van der Waals surface area (Å²) in [4.78, 5) is 22.2. The number of hydrogen-bond donors (Lipinski definition) is 1. The van der Waals surface area contributed by atoms with Crippen LogP contribution in [-0.2, 0) is 6.42 Å². The molecule has 0 unspecified atom stereocenters. The van der Waals surface area contributed by atoms with E-state index in [2.05, 4.69) is 27.0 Å². The lowest BCUT2D eigenvalue weighted by atomic mass is 10.0. The summed E-state index contributed by atoms with van der Waals surface area (Å²) < 4.78 is 0. The van der Waals surface area contributed by atoms with Crippen molar-refractivity contribution in [3.8, 4) is 0 Å². The van der Waals surface area contributed by atoms with E-state index < -0.39 is 5.97 Å². The maximum absolute atomic E-state index is 11.1. The molecule has 0 radical (unpaired) electrons. The van der Waals surface area contributed by atoms with Crippen molar-refractivity contribution >= 4 is 22.6 Å². The fourth-order valence-corrected chi connectivity index (χ4v) is 2.94. The van der Waals surface area contributed by atoms with Crippen LogP contribution in [0.2, 0.25) is 0 Å². The minimum absolute atomic E-state index is 0.266. The van der Waals surface area contributed by atoms with Crippen molar-refractivity contribution in [3.63, 3.8) is 0 Å². The Bertz CT molecular complexity index is 920. The van der Waals surface area contributed by atoms with Crippen LogP contribution in [0.3, 0.4) is 0 Å². The monoisotopic (exact) mass is 349 g/mol. The van der Waals surface area contributed by atoms with Gasteiger partial charge in [0.25, 0.3) is 0 Å². The van der Waals surface area contributed by atoms with Gasteiger partial charge in [0.05, 0.1) is 23.0 Å². The molecule has 1 saturated heterocycles. The molecule has 134 valence electrons. The molecule has 0 bridgehead atoms. The highest BCUT2D eigenvalue weighted by atomic mass is 16.4. The van der Waals surface area contributed by atoms with Crippen LogP contribution in [0.25, 0.3) is 10.9 Å². The third kappa shape index (κ3) is 3.82. The predicted molar refractivity (Wildman–Crippen MR) is 104 cm³/mol. The van der Waals surface area contributed by atoms with Crippen LogP contribution < -0.4 is 4.90 Å². The Labute approximate surface area is 153 Å². The van der Waals surface area contributed by atoms with E-state index in [9.17, 15) is 4.79 Å². The standard InChI is InChI=1S/C19H17N3O2.C2H6/c23-19(24)14-4-5-20-16(10-14)9-13-2-3-18-15(8-13)11-17(12-21-18)22-6-1-7-22;1-2/h2-5,8,10-12H,1,6-7,9H2,(H,23,24);1-2H3. The second-order valence-corrected chi connectivity index (χ2v) is 6.08. The summed E-state index contributed by atoms with van der Waals surface area (Å²) in [5, 5.41) is 10.2. The molecule has 5 nitrogen and oxygen atoms in total. The fourth-order valence-electron chi connectivity index (χ4n) is 2.94. The predicted octanol–water partition coefficient (Wildman–Crippen LogP) is 4.16. The number of pyridine rings is 2. The van der Waals surface area contributed by atoms with E-state index in [1.165, 1.54) is 12.5 Å². The SMILES string of the molecule is CC.O=C(O)c1ccnc(Cc2ccc3ncc(N4CCC4)cc3c2)c1. The van der Waals surface area contributed by atoms with Gasteiger partial charge in [-0.3, -0.25) is 9.97 Å². The smallest absolute Gasteiger partial charge is 0.335 e. The van der Waals surface area contributed by atoms with Gasteiger partial charge in [0.2, 0.25) is 0 Å². The number of fused-ring (bicyclic) bond motifs is 1. The Morgan fingerprint density at radius 3 is 2.62 bits per heavy atom. The van der Waals surface area contributed by atoms with Gasteiger partial charge in [0, 0.05) is 36.8 Å². The highest BCUT2D eigenvalue weighted by Crippen LogP contribution is 2.25. The number of benzene rings is 1. The summed E-state index contributed by atoms with van der Waals surface area (Å²) in [6, 6.07) is 11.4. The van der Waals surface area contributed by atoms with Gasteiger partial charge < -0.3 is 10.0 Å². The van der Waals surface area contributed by atoms with Crippen LogP contribution in [0, 0.1) is 0 Å². The largest absolute Gasteiger partial charge is 0.478 e. The van der Waals surface area contributed by atoms with E-state index in [4.69, 9.17) is 5.11 Å². The molecule has 1 aliphatic heterocycles. The molecule has 1 aliphatic rings. The molecule has 0 aliphatic carbocycles. The minimum atomic E-state index is -0.930. The van der Waals surface area contributed by atoms with Crippen LogP contribution in [0.15, 0.2) is 48.8 Å². The molecule has 0 atom stereocenters. The molecule has 1 N–H and O–H groups in total. The van der Waals surface area contributed by atoms with Crippen molar-refractivity contribution in [2.24, 2.45) is 0 Å². The molecular weight excluding hydrogens is 326 g/mol. The van der Waals surface area contributed by atoms with E-state index in [0.717, 1.165) is 40.9 Å². The zero-order chi connectivity index (χ0) is 18.5. The molecule has 2 aromatic heterocycles. The first kappa shape index (κ1) is 17.9. The van der Waals surface area contributed by atoms with E-state index in [1.54, 1.807) is 12.3 Å². The first-order valence-electron chi connectivity index (χ1n) is 9.01. The number of rotatable bonds is 4. The second kappa shape index (κ2) is 7.95. The van der Waals surface area contributed by atoms with Crippen LogP contribution in [0.1, 0.15) is 41.9 Å². The molecule has 0 amide bonds. The Kier molecular flexibility index (Phi) is 5.46. The van der Waals surface area contributed by atoms with Gasteiger partial charge in [-0.1, -0.05) is 19.9 Å². The average Bonchev–Trinajstić information content (AvgIpc) is 2.62. The van der Waals surface area contributed by atoms with E-state index >= 15 is 0 Å². The summed E-state index contributed by atoms with van der Waals surface area (Å²) in [5.41, 5.74) is 4.25. The Morgan fingerprint density at radius 1 is 1.12 bits per heavy atom. The van der Waals surface area contributed by atoms with Crippen LogP contribution in [0.4, 0.5) is 5.69 Å². The van der Waals surface area contributed by atoms with Gasteiger partial charge in [-0.05, 0) is 42.3 Å². The maximum atomic E-state index is 11.1. The van der Waals surface area contributed by atoms with Gasteiger partial charge in [-0.2, -0.15) is 0 Å². The van der Waals surface area contributed by atoms with Crippen molar-refractivity contribution < 1.29 is 9.90 Å². The summed E-state index contributed by atoms with van der Waals surface area (Å²) in [7, 11) is 0. The van der Waals surface area contributed by atoms with Crippen molar-refractivity contribution in [1.82, 2.24) is 9.97 Å². The van der Waals surface area contributed by atoms with E-state index in [0.29, 0.717) is 6.42 Å². The number of carboxylic acid groups (broad SMARTS) is 1. The zero-order valence-corrected chi connectivity index (χ0v) is 15.1. The quantitative estimate of drug-likeness (QED) is 0.766. The molecule has 4 rings (SSSR count). The zero-order valence-electron chi connectivity index (χ0n) is 15.1. The second-order valence-electron chi connectivity index (χ2n) is 6.08. The number of carbonyl (C=O) groups is 1. The molecule has 0 saturated carbocycles. The topological polar surface area (TPSA) is 66.3 Å². The molecular formula is C21H23N3O2. The summed E-state index contributed by atoms with van der Waals surface area (Å²) >= 11 is 0. The first-order valence-corrected chi connectivity index (χ1v) is 9.01. The van der Waals surface area contributed by atoms with Gasteiger partial charge in [0.15, 0.2) is 0 Å². The lowest BCUT2D eigenvalue weighted by Crippen LogP contribution is -2.36. The van der Waals surface area contributed by atoms with Crippen LogP contribution >= 0.6 is 0 Å². The van der Waals surface area contributed by atoms with Gasteiger partial charge in [-0.15, -0.1) is 0 Å². The number of nitrogens with zero attached hydrogens (tertiary/aromatic N) is 3. The third-order valence-electron chi connectivity index (χ3n) is 4.40. The van der Waals surface area contributed by atoms with Crippen molar-refractivity contribution in [3.05, 3.63) is 65.6 Å². The van der Waals surface area contributed by atoms with Crippen LogP contribution in [-0.4, -0.2) is 34.1 Å². The lowest BCUT2D eigenvalue weighted by molar-refractivity contribution is 0.0696. The van der Waals surface area contributed by atoms with Crippen molar-refractivity contribution in [1.29, 1.82) is 0 Å². The first-order chi connectivity index (χ1) is 12.7. The number of carboxylic acids is 1. The van der Waals surface area contributed by atoms with Crippen molar-refractivity contribution in [2.45, 2.75) is 26.7 Å². The van der Waals surface area contributed by atoms with Gasteiger partial charge in [0.1, 0.15) is 0 Å². The molecule has 26 heavy (non-hydrogen) atoms. The maximum Gasteiger partial charge on any atom is 0.335 e. The van der Waals surface area contributed by atoms with E-state index in [1.807, 2.05) is 32.2 Å². The number of anilines is 1. The molecule has 1 aromatic carbocycles. The summed E-state index contributed by atoms with van der Waals surface area (Å²) in [6.45, 7) is 6.19. The third-order valence-corrected chi connectivity index (χ3v) is 4.40. The van der Waals surface area contributed by atoms with Crippen molar-refractivity contribution in [2.75, 3.05) is 18.0 Å². The van der Waals surface area contributed by atoms with E-state index in [-0.39, 0.29) is 5.56 Å². The Balaban J connectivity index is 0.000000948. The highest BCUT2D eigenvalue weighted by Gasteiger charge is 2.15. The van der Waals surface area contributed by atoms with Gasteiger partial charge in [-0.25, -0.2) is 4.79 Å². The van der Waals surface area contributed by atoms with Crippen LogP contribution in [0.5, 0.6) is 0 Å². The lowest BCUT2D eigenvalue weighted by Gasteiger charge is -2.32. The fraction of sp³-hybridized carbons (Fsp3) is 0.286. The summed E-state index contributed by atoms with van der Waals surface area (Å²) in [5.74, 6) is -0.930. The Hall–Kier alpha value is -2.95. The minimum Gasteiger partial charge on any atom is -0.478 e. The van der Waals surface area contributed by atoms with Gasteiger partial charge >= 0.3 is 5.97 Å². The molecule has 0 spiro atoms. The summed E-state index contributed by atoms with van der Waals surface area (Å²) in [6.07, 6.45) is 5.32. The highest BCUT2D eigenvalue weighted by molar-refractivity contribution is 5.87.